The summed E-state index contributed by atoms with van der Waals surface area (Å²) in [6, 6.07) is 0. The van der Waals surface area contributed by atoms with Crippen LogP contribution in [0.1, 0.15) is 56.2 Å². The van der Waals surface area contributed by atoms with Gasteiger partial charge in [-0.05, 0) is 32.2 Å². The van der Waals surface area contributed by atoms with Gasteiger partial charge in [-0.1, -0.05) is 20.3 Å². The van der Waals surface area contributed by atoms with Crippen molar-refractivity contribution in [1.29, 1.82) is 0 Å². The number of nitrogens with zero attached hydrogens (tertiary/aromatic N) is 1. The van der Waals surface area contributed by atoms with Crippen molar-refractivity contribution in [3.63, 3.8) is 0 Å². The molecule has 0 saturated carbocycles. The van der Waals surface area contributed by atoms with E-state index in [1.807, 2.05) is 0 Å². The number of H-pyrrole nitrogens is 1. The minimum absolute atomic E-state index is 0.513. The van der Waals surface area contributed by atoms with Crippen LogP contribution in [0.4, 0.5) is 0 Å². The number of hydrogen-bond acceptors (Lipinski definition) is 2. The summed E-state index contributed by atoms with van der Waals surface area (Å²) >= 11 is 0. The molecule has 0 aliphatic rings. The number of rotatable bonds is 6. The molecule has 1 rings (SSSR count). The molecule has 1 aromatic heterocycles. The van der Waals surface area contributed by atoms with Gasteiger partial charge in [-0.15, -0.1) is 0 Å². The van der Waals surface area contributed by atoms with E-state index in [0.717, 1.165) is 25.2 Å². The lowest BCUT2D eigenvalue weighted by Gasteiger charge is -1.99. The molecule has 1 heterocycles. The lowest BCUT2D eigenvalue weighted by Crippen LogP contribution is -1.98. The Morgan fingerprint density at radius 3 is 2.53 bits per heavy atom. The van der Waals surface area contributed by atoms with E-state index in [9.17, 15) is 0 Å². The zero-order valence-electron chi connectivity index (χ0n) is 10.1. The van der Waals surface area contributed by atoms with Crippen molar-refractivity contribution < 1.29 is 0 Å². The second kappa shape index (κ2) is 5.91. The molecule has 1 aromatic rings. The predicted octanol–water partition coefficient (Wildman–Crippen LogP) is 2.51. The van der Waals surface area contributed by atoms with Gasteiger partial charge in [-0.2, -0.15) is 0 Å². The van der Waals surface area contributed by atoms with Gasteiger partial charge in [0, 0.05) is 12.1 Å². The summed E-state index contributed by atoms with van der Waals surface area (Å²) in [6.45, 7) is 7.27. The summed E-state index contributed by atoms with van der Waals surface area (Å²) in [5.41, 5.74) is 7.89. The summed E-state index contributed by atoms with van der Waals surface area (Å²) in [5, 5.41) is 0. The molecule has 0 amide bonds. The first-order valence-electron chi connectivity index (χ1n) is 5.90. The normalized spacial score (nSPS) is 11.3. The topological polar surface area (TPSA) is 54.7 Å². The first-order chi connectivity index (χ1) is 7.15. The zero-order valence-corrected chi connectivity index (χ0v) is 10.1. The molecular formula is C12H23N3. The average molecular weight is 209 g/mol. The van der Waals surface area contributed by atoms with E-state index in [1.165, 1.54) is 24.2 Å². The number of hydrogen-bond donors (Lipinski definition) is 2. The van der Waals surface area contributed by atoms with Gasteiger partial charge in [-0.3, -0.25) is 0 Å². The molecular weight excluding hydrogens is 186 g/mol. The highest BCUT2D eigenvalue weighted by Crippen LogP contribution is 2.16. The zero-order chi connectivity index (χ0) is 11.3. The molecule has 0 radical (unpaired) electrons. The van der Waals surface area contributed by atoms with Crippen molar-refractivity contribution in [3.05, 3.63) is 17.2 Å². The van der Waals surface area contributed by atoms with Crippen LogP contribution in [0.2, 0.25) is 0 Å². The molecule has 86 valence electrons. The van der Waals surface area contributed by atoms with Gasteiger partial charge in [0.15, 0.2) is 0 Å². The van der Waals surface area contributed by atoms with Crippen molar-refractivity contribution in [3.8, 4) is 0 Å². The third-order valence-corrected chi connectivity index (χ3v) is 2.64. The molecule has 0 aromatic carbocycles. The van der Waals surface area contributed by atoms with E-state index < -0.39 is 0 Å². The molecule has 0 unspecified atom stereocenters. The molecule has 0 atom stereocenters. The maximum Gasteiger partial charge on any atom is 0.106 e. The van der Waals surface area contributed by atoms with Crippen LogP contribution in [0.15, 0.2) is 0 Å². The number of nitrogens with one attached hydrogen (secondary N) is 1. The SMILES string of the molecule is Cc1[nH]c(CCCCCN)nc1C(C)C. The van der Waals surface area contributed by atoms with E-state index in [0.29, 0.717) is 5.92 Å². The van der Waals surface area contributed by atoms with E-state index in [4.69, 9.17) is 5.73 Å². The fourth-order valence-corrected chi connectivity index (χ4v) is 1.83. The molecule has 0 aliphatic heterocycles. The quantitative estimate of drug-likeness (QED) is 0.707. The Labute approximate surface area is 92.5 Å². The van der Waals surface area contributed by atoms with E-state index >= 15 is 0 Å². The number of aryl methyl sites for hydroxylation is 2. The fraction of sp³-hybridized carbons (Fsp3) is 0.750. The first kappa shape index (κ1) is 12.2. The molecule has 15 heavy (non-hydrogen) atoms. The number of unbranched alkanes of at least 4 members (excludes halogenated alkanes) is 2. The van der Waals surface area contributed by atoms with Crippen molar-refractivity contribution in [1.82, 2.24) is 9.97 Å². The number of imidazole rings is 1. The van der Waals surface area contributed by atoms with E-state index in [-0.39, 0.29) is 0 Å². The van der Waals surface area contributed by atoms with Crippen LogP contribution in [0, 0.1) is 6.92 Å². The standard InChI is InChI=1S/C12H23N3/c1-9(2)12-10(3)14-11(15-12)7-5-4-6-8-13/h9H,4-8,13H2,1-3H3,(H,14,15). The molecule has 3 nitrogen and oxygen atoms in total. The van der Waals surface area contributed by atoms with Crippen molar-refractivity contribution in [2.45, 2.75) is 52.4 Å². The third kappa shape index (κ3) is 3.67. The van der Waals surface area contributed by atoms with Gasteiger partial charge in [0.25, 0.3) is 0 Å². The Morgan fingerprint density at radius 2 is 2.00 bits per heavy atom. The monoisotopic (exact) mass is 209 g/mol. The lowest BCUT2D eigenvalue weighted by molar-refractivity contribution is 0.671. The Morgan fingerprint density at radius 1 is 1.27 bits per heavy atom. The lowest BCUT2D eigenvalue weighted by atomic mass is 10.1. The van der Waals surface area contributed by atoms with Gasteiger partial charge in [0.05, 0.1) is 5.69 Å². The Hall–Kier alpha value is -0.830. The van der Waals surface area contributed by atoms with Crippen LogP contribution >= 0.6 is 0 Å². The largest absolute Gasteiger partial charge is 0.346 e. The summed E-state index contributed by atoms with van der Waals surface area (Å²) in [6.07, 6.45) is 4.55. The molecule has 3 N–H and O–H groups in total. The van der Waals surface area contributed by atoms with Crippen LogP contribution in [-0.4, -0.2) is 16.5 Å². The second-order valence-corrected chi connectivity index (χ2v) is 4.45. The van der Waals surface area contributed by atoms with Crippen LogP contribution in [0.25, 0.3) is 0 Å². The van der Waals surface area contributed by atoms with E-state index in [2.05, 4.69) is 30.7 Å². The minimum Gasteiger partial charge on any atom is -0.346 e. The Bertz CT molecular complexity index is 289. The Balaban J connectivity index is 2.45. The maximum absolute atomic E-state index is 5.45. The summed E-state index contributed by atoms with van der Waals surface area (Å²) < 4.78 is 0. The second-order valence-electron chi connectivity index (χ2n) is 4.45. The van der Waals surface area contributed by atoms with Gasteiger partial charge >= 0.3 is 0 Å². The minimum atomic E-state index is 0.513. The molecule has 0 aliphatic carbocycles. The molecule has 0 bridgehead atoms. The number of aromatic amines is 1. The van der Waals surface area contributed by atoms with E-state index in [1.54, 1.807) is 0 Å². The highest BCUT2D eigenvalue weighted by atomic mass is 14.9. The summed E-state index contributed by atoms with van der Waals surface area (Å²) in [7, 11) is 0. The van der Waals surface area contributed by atoms with Gasteiger partial charge in [0.1, 0.15) is 5.82 Å². The predicted molar refractivity (Wildman–Crippen MR) is 64.0 cm³/mol. The third-order valence-electron chi connectivity index (χ3n) is 2.64. The van der Waals surface area contributed by atoms with Gasteiger partial charge in [0.2, 0.25) is 0 Å². The molecule has 0 fully saturated rings. The van der Waals surface area contributed by atoms with Crippen molar-refractivity contribution >= 4 is 0 Å². The van der Waals surface area contributed by atoms with Gasteiger partial charge < -0.3 is 10.7 Å². The molecule has 3 heteroatoms. The van der Waals surface area contributed by atoms with Crippen LogP contribution in [0.3, 0.4) is 0 Å². The summed E-state index contributed by atoms with van der Waals surface area (Å²) in [5.74, 6) is 1.65. The highest BCUT2D eigenvalue weighted by molar-refractivity contribution is 5.16. The molecule has 0 spiro atoms. The smallest absolute Gasteiger partial charge is 0.106 e. The fourth-order valence-electron chi connectivity index (χ4n) is 1.83. The highest BCUT2D eigenvalue weighted by Gasteiger charge is 2.09. The average Bonchev–Trinajstić information content (AvgIpc) is 2.55. The summed E-state index contributed by atoms with van der Waals surface area (Å²) in [4.78, 5) is 7.98. The number of aromatic nitrogens is 2. The van der Waals surface area contributed by atoms with Crippen LogP contribution in [-0.2, 0) is 6.42 Å². The Kier molecular flexibility index (Phi) is 4.82. The first-order valence-corrected chi connectivity index (χ1v) is 5.90. The van der Waals surface area contributed by atoms with Crippen molar-refractivity contribution in [2.24, 2.45) is 5.73 Å². The van der Waals surface area contributed by atoms with Crippen LogP contribution in [0.5, 0.6) is 0 Å². The molecule has 0 saturated heterocycles. The van der Waals surface area contributed by atoms with Crippen molar-refractivity contribution in [2.75, 3.05) is 6.54 Å². The van der Waals surface area contributed by atoms with Crippen LogP contribution < -0.4 is 5.73 Å². The number of nitrogens with two attached hydrogens (primary N) is 1. The van der Waals surface area contributed by atoms with Gasteiger partial charge in [-0.25, -0.2) is 4.98 Å². The maximum atomic E-state index is 5.45.